The Bertz CT molecular complexity index is 1080. The van der Waals surface area contributed by atoms with Crippen molar-refractivity contribution in [3.63, 3.8) is 0 Å². The first-order valence-corrected chi connectivity index (χ1v) is 10.5. The van der Waals surface area contributed by atoms with E-state index in [1.807, 2.05) is 25.3 Å². The molecule has 3 aromatic rings. The predicted octanol–water partition coefficient (Wildman–Crippen LogP) is 3.30. The highest BCUT2D eigenvalue weighted by molar-refractivity contribution is 5.84. The number of fused-ring (bicyclic) bond motifs is 3. The third-order valence-electron chi connectivity index (χ3n) is 6.40. The fourth-order valence-corrected chi connectivity index (χ4v) is 5.09. The van der Waals surface area contributed by atoms with Crippen molar-refractivity contribution in [1.82, 2.24) is 29.9 Å². The summed E-state index contributed by atoms with van der Waals surface area (Å²) in [5.74, 6) is 2.15. The highest BCUT2D eigenvalue weighted by Crippen LogP contribution is 2.42. The van der Waals surface area contributed by atoms with Crippen molar-refractivity contribution in [3.8, 4) is 11.8 Å². The topological polar surface area (TPSA) is 108 Å². The highest BCUT2D eigenvalue weighted by atomic mass is 16.5. The molecule has 2 saturated heterocycles. The predicted molar refractivity (Wildman–Crippen MR) is 113 cm³/mol. The maximum Gasteiger partial charge on any atom is 0.164 e. The summed E-state index contributed by atoms with van der Waals surface area (Å²) in [6.07, 6.45) is 6.94. The first-order valence-electron chi connectivity index (χ1n) is 10.5. The molecular weight excluding hydrogens is 380 g/mol. The van der Waals surface area contributed by atoms with Gasteiger partial charge in [-0.1, -0.05) is 0 Å². The molecule has 0 radical (unpaired) electrons. The van der Waals surface area contributed by atoms with Crippen LogP contribution in [0.25, 0.3) is 11.0 Å². The van der Waals surface area contributed by atoms with Gasteiger partial charge in [-0.15, -0.1) is 0 Å². The van der Waals surface area contributed by atoms with E-state index in [1.54, 1.807) is 7.11 Å². The number of H-pyrrole nitrogens is 1. The first-order chi connectivity index (χ1) is 14.7. The second-order valence-corrected chi connectivity index (χ2v) is 8.25. The van der Waals surface area contributed by atoms with Gasteiger partial charge in [0.15, 0.2) is 11.5 Å². The van der Waals surface area contributed by atoms with Gasteiger partial charge in [0.25, 0.3) is 0 Å². The van der Waals surface area contributed by atoms with Gasteiger partial charge in [0.1, 0.15) is 11.6 Å². The van der Waals surface area contributed by atoms with E-state index >= 15 is 0 Å². The van der Waals surface area contributed by atoms with Crippen LogP contribution in [0.15, 0.2) is 18.3 Å². The number of aromatic nitrogens is 5. The second-order valence-electron chi connectivity index (χ2n) is 8.25. The number of hydrogen-bond acceptors (Lipinski definition) is 7. The standard InChI is InChI=1S/C21H26N8O/c1-13-8-20(27-26-13)24-19-11-18(30-2)17-12-23-29(21(17)25-19)16-9-14-4-5-15(10-16)28(14)7-3-6-22/h8,11-12,14-16H,3-5,7,9-10H2,1-2H3,(H2,24,25,26,27)/t14-,15+,16-. The molecule has 0 unspecified atom stereocenters. The number of pyridine rings is 1. The van der Waals surface area contributed by atoms with Gasteiger partial charge in [0.2, 0.25) is 0 Å². The van der Waals surface area contributed by atoms with E-state index in [2.05, 4.69) is 31.2 Å². The number of nitriles is 1. The molecule has 9 nitrogen and oxygen atoms in total. The summed E-state index contributed by atoms with van der Waals surface area (Å²) in [4.78, 5) is 7.40. The average molecular weight is 406 g/mol. The lowest BCUT2D eigenvalue weighted by atomic mass is 9.97. The van der Waals surface area contributed by atoms with E-state index in [4.69, 9.17) is 20.1 Å². The molecule has 2 bridgehead atoms. The van der Waals surface area contributed by atoms with Crippen LogP contribution < -0.4 is 10.1 Å². The molecule has 3 atom stereocenters. The van der Waals surface area contributed by atoms with Crippen molar-refractivity contribution in [3.05, 3.63) is 24.0 Å². The quantitative estimate of drug-likeness (QED) is 0.647. The zero-order chi connectivity index (χ0) is 20.7. The number of methoxy groups -OCH3 is 1. The Morgan fingerprint density at radius 2 is 2.03 bits per heavy atom. The number of nitrogens with zero attached hydrogens (tertiary/aromatic N) is 6. The van der Waals surface area contributed by atoms with Crippen molar-refractivity contribution >= 4 is 22.7 Å². The Morgan fingerprint density at radius 1 is 1.23 bits per heavy atom. The van der Waals surface area contributed by atoms with Crippen LogP contribution in [0.5, 0.6) is 5.75 Å². The number of aryl methyl sites for hydroxylation is 1. The maximum atomic E-state index is 8.97. The van der Waals surface area contributed by atoms with Crippen molar-refractivity contribution in [1.29, 1.82) is 5.26 Å². The Hall–Kier alpha value is -3.12. The van der Waals surface area contributed by atoms with Crippen LogP contribution in [-0.4, -0.2) is 55.6 Å². The minimum Gasteiger partial charge on any atom is -0.496 e. The van der Waals surface area contributed by atoms with E-state index in [1.165, 1.54) is 12.8 Å². The zero-order valence-electron chi connectivity index (χ0n) is 17.3. The molecule has 5 rings (SSSR count). The number of ether oxygens (including phenoxy) is 1. The van der Waals surface area contributed by atoms with Gasteiger partial charge < -0.3 is 10.1 Å². The van der Waals surface area contributed by atoms with Gasteiger partial charge >= 0.3 is 0 Å². The van der Waals surface area contributed by atoms with Gasteiger partial charge in [-0.3, -0.25) is 10.00 Å². The second kappa shape index (κ2) is 7.61. The zero-order valence-corrected chi connectivity index (χ0v) is 17.3. The van der Waals surface area contributed by atoms with Crippen LogP contribution in [0.1, 0.15) is 43.8 Å². The summed E-state index contributed by atoms with van der Waals surface area (Å²) >= 11 is 0. The van der Waals surface area contributed by atoms with Gasteiger partial charge in [0, 0.05) is 42.9 Å². The summed E-state index contributed by atoms with van der Waals surface area (Å²) in [5, 5.41) is 25.0. The van der Waals surface area contributed by atoms with E-state index in [-0.39, 0.29) is 0 Å². The minimum absolute atomic E-state index is 0.304. The van der Waals surface area contributed by atoms with E-state index in [0.29, 0.717) is 30.4 Å². The lowest BCUT2D eigenvalue weighted by Gasteiger charge is -2.38. The summed E-state index contributed by atoms with van der Waals surface area (Å²) in [6.45, 7) is 2.84. The van der Waals surface area contributed by atoms with Gasteiger partial charge in [-0.2, -0.15) is 15.5 Å². The van der Waals surface area contributed by atoms with Crippen LogP contribution in [0.4, 0.5) is 11.6 Å². The number of hydrogen-bond donors (Lipinski definition) is 2. The molecular formula is C21H26N8O. The third-order valence-corrected chi connectivity index (χ3v) is 6.40. The monoisotopic (exact) mass is 406 g/mol. The minimum atomic E-state index is 0.304. The van der Waals surface area contributed by atoms with Crippen molar-refractivity contribution in [2.45, 2.75) is 57.2 Å². The molecule has 9 heteroatoms. The molecule has 3 aromatic heterocycles. The SMILES string of the molecule is COc1cc(Nc2cc(C)[nH]n2)nc2c1cnn2[C@@H]1C[C@H]2CC[C@@H](C1)N2CCC#N. The number of rotatable bonds is 6. The smallest absolute Gasteiger partial charge is 0.164 e. The molecule has 0 amide bonds. The molecule has 2 fully saturated rings. The van der Waals surface area contributed by atoms with Gasteiger partial charge in [-0.25, -0.2) is 9.67 Å². The molecule has 2 N–H and O–H groups in total. The van der Waals surface area contributed by atoms with Crippen LogP contribution in [0, 0.1) is 18.3 Å². The fraction of sp³-hybridized carbons (Fsp3) is 0.524. The molecule has 0 aromatic carbocycles. The summed E-state index contributed by atoms with van der Waals surface area (Å²) in [5.41, 5.74) is 1.81. The Morgan fingerprint density at radius 3 is 2.70 bits per heavy atom. The van der Waals surface area contributed by atoms with Crippen LogP contribution in [0.3, 0.4) is 0 Å². The molecule has 5 heterocycles. The molecule has 0 saturated carbocycles. The van der Waals surface area contributed by atoms with Gasteiger partial charge in [-0.05, 0) is 32.6 Å². The van der Waals surface area contributed by atoms with Crippen molar-refractivity contribution in [2.24, 2.45) is 0 Å². The van der Waals surface area contributed by atoms with Crippen LogP contribution >= 0.6 is 0 Å². The highest BCUT2D eigenvalue weighted by Gasteiger charge is 2.41. The molecule has 0 spiro atoms. The Kier molecular flexibility index (Phi) is 4.79. The largest absolute Gasteiger partial charge is 0.496 e. The van der Waals surface area contributed by atoms with Crippen molar-refractivity contribution in [2.75, 3.05) is 19.0 Å². The van der Waals surface area contributed by atoms with Gasteiger partial charge in [0.05, 0.1) is 30.8 Å². The number of aromatic amines is 1. The molecule has 156 valence electrons. The molecule has 0 aliphatic carbocycles. The van der Waals surface area contributed by atoms with Crippen LogP contribution in [-0.2, 0) is 0 Å². The van der Waals surface area contributed by atoms with E-state index in [9.17, 15) is 0 Å². The number of nitrogens with one attached hydrogen (secondary N) is 2. The lowest BCUT2D eigenvalue weighted by Crippen LogP contribution is -2.43. The normalized spacial score (nSPS) is 23.6. The van der Waals surface area contributed by atoms with Crippen molar-refractivity contribution < 1.29 is 4.74 Å². The lowest BCUT2D eigenvalue weighted by molar-refractivity contribution is 0.106. The Balaban J connectivity index is 1.45. The fourth-order valence-electron chi connectivity index (χ4n) is 5.09. The maximum absolute atomic E-state index is 8.97. The summed E-state index contributed by atoms with van der Waals surface area (Å²) in [7, 11) is 1.67. The number of piperidine rings is 1. The first kappa shape index (κ1) is 18.9. The van der Waals surface area contributed by atoms with E-state index in [0.717, 1.165) is 47.7 Å². The van der Waals surface area contributed by atoms with E-state index < -0.39 is 0 Å². The third kappa shape index (κ3) is 3.27. The Labute approximate surface area is 175 Å². The average Bonchev–Trinajstić information content (AvgIpc) is 3.41. The summed E-state index contributed by atoms with van der Waals surface area (Å²) in [6, 6.07) is 7.46. The molecule has 30 heavy (non-hydrogen) atoms. The van der Waals surface area contributed by atoms with Crippen LogP contribution in [0.2, 0.25) is 0 Å². The molecule has 2 aliphatic heterocycles. The summed E-state index contributed by atoms with van der Waals surface area (Å²) < 4.78 is 7.70. The molecule has 2 aliphatic rings. The number of anilines is 2.